The minimum absolute atomic E-state index is 0.00139. The average Bonchev–Trinajstić information content (AvgIpc) is 2.61. The van der Waals surface area contributed by atoms with Gasteiger partial charge in [0, 0.05) is 6.61 Å². The molecule has 0 amide bonds. The molecule has 1 atom stereocenters. The van der Waals surface area contributed by atoms with E-state index in [1.807, 2.05) is 0 Å². The standard InChI is InChI=1S/C20H43NO3/c1-2-3-4-5-6-7-8-9-10-11-12-13-14-15-16-24-20(17-22)18-23-19-21/h20,22H,2-19,21H2,1H3. The van der Waals surface area contributed by atoms with Crippen LogP contribution in [0.4, 0.5) is 0 Å². The molecular weight excluding hydrogens is 302 g/mol. The summed E-state index contributed by atoms with van der Waals surface area (Å²) >= 11 is 0. The van der Waals surface area contributed by atoms with Crippen LogP contribution in [-0.4, -0.2) is 37.8 Å². The van der Waals surface area contributed by atoms with E-state index in [0.29, 0.717) is 13.2 Å². The van der Waals surface area contributed by atoms with Crippen LogP contribution < -0.4 is 5.73 Å². The van der Waals surface area contributed by atoms with Crippen molar-refractivity contribution in [1.82, 2.24) is 0 Å². The highest BCUT2D eigenvalue weighted by Gasteiger charge is 2.06. The predicted octanol–water partition coefficient (Wildman–Crippen LogP) is 4.78. The van der Waals surface area contributed by atoms with Crippen LogP contribution in [0.15, 0.2) is 0 Å². The Hall–Kier alpha value is -0.160. The first-order valence-electron chi connectivity index (χ1n) is 10.3. The van der Waals surface area contributed by atoms with E-state index in [0.717, 1.165) is 6.42 Å². The molecule has 0 saturated carbocycles. The maximum Gasteiger partial charge on any atom is 0.104 e. The Balaban J connectivity index is 3.12. The van der Waals surface area contributed by atoms with Gasteiger partial charge in [-0.15, -0.1) is 0 Å². The normalized spacial score (nSPS) is 12.6. The minimum Gasteiger partial charge on any atom is -0.394 e. The molecule has 0 aliphatic heterocycles. The number of aliphatic hydroxyl groups is 1. The van der Waals surface area contributed by atoms with Crippen LogP contribution in [0.25, 0.3) is 0 Å². The summed E-state index contributed by atoms with van der Waals surface area (Å²) in [5, 5.41) is 9.12. The van der Waals surface area contributed by atoms with Crippen LogP contribution in [0.3, 0.4) is 0 Å². The van der Waals surface area contributed by atoms with Gasteiger partial charge in [-0.05, 0) is 6.42 Å². The fourth-order valence-electron chi connectivity index (χ4n) is 2.90. The number of unbranched alkanes of at least 4 members (excludes halogenated alkanes) is 13. The molecule has 0 heterocycles. The number of rotatable bonds is 20. The van der Waals surface area contributed by atoms with E-state index >= 15 is 0 Å². The monoisotopic (exact) mass is 345 g/mol. The molecule has 0 aromatic rings. The van der Waals surface area contributed by atoms with E-state index < -0.39 is 0 Å². The van der Waals surface area contributed by atoms with E-state index in [9.17, 15) is 0 Å². The SMILES string of the molecule is CCCCCCCCCCCCCCCCOC(CO)COCN. The summed E-state index contributed by atoms with van der Waals surface area (Å²) in [6, 6.07) is 0. The van der Waals surface area contributed by atoms with Gasteiger partial charge < -0.3 is 20.3 Å². The smallest absolute Gasteiger partial charge is 0.104 e. The Morgan fingerprint density at radius 2 is 1.21 bits per heavy atom. The lowest BCUT2D eigenvalue weighted by molar-refractivity contribution is -0.0421. The van der Waals surface area contributed by atoms with Gasteiger partial charge in [-0.1, -0.05) is 90.4 Å². The van der Waals surface area contributed by atoms with E-state index in [1.165, 1.54) is 83.5 Å². The summed E-state index contributed by atoms with van der Waals surface area (Å²) in [6.45, 7) is 3.54. The second-order valence-electron chi connectivity index (χ2n) is 6.81. The van der Waals surface area contributed by atoms with Crippen LogP contribution in [0.2, 0.25) is 0 Å². The molecule has 24 heavy (non-hydrogen) atoms. The van der Waals surface area contributed by atoms with E-state index in [4.69, 9.17) is 20.3 Å². The average molecular weight is 346 g/mol. The molecule has 146 valence electrons. The van der Waals surface area contributed by atoms with Gasteiger partial charge in [0.1, 0.15) is 6.10 Å². The second-order valence-corrected chi connectivity index (χ2v) is 6.81. The molecule has 4 nitrogen and oxygen atoms in total. The fraction of sp³-hybridized carbons (Fsp3) is 1.00. The molecule has 0 spiro atoms. The van der Waals surface area contributed by atoms with Crippen molar-refractivity contribution in [2.24, 2.45) is 5.73 Å². The molecule has 0 bridgehead atoms. The van der Waals surface area contributed by atoms with Crippen LogP contribution in [0, 0.1) is 0 Å². The lowest BCUT2D eigenvalue weighted by Crippen LogP contribution is -2.26. The second kappa shape index (κ2) is 20.9. The lowest BCUT2D eigenvalue weighted by Gasteiger charge is -2.14. The first kappa shape index (κ1) is 23.8. The molecule has 0 rings (SSSR count). The lowest BCUT2D eigenvalue weighted by atomic mass is 10.0. The Bertz CT molecular complexity index is 227. The molecule has 0 aliphatic rings. The molecule has 0 saturated heterocycles. The maximum absolute atomic E-state index is 9.12. The minimum atomic E-state index is -0.226. The zero-order valence-corrected chi connectivity index (χ0v) is 16.1. The van der Waals surface area contributed by atoms with Gasteiger partial charge in [-0.2, -0.15) is 0 Å². The third-order valence-electron chi connectivity index (χ3n) is 4.48. The Morgan fingerprint density at radius 3 is 1.62 bits per heavy atom. The Kier molecular flexibility index (Phi) is 20.7. The molecule has 0 radical (unpaired) electrons. The largest absolute Gasteiger partial charge is 0.394 e. The van der Waals surface area contributed by atoms with Gasteiger partial charge in [-0.25, -0.2) is 0 Å². The van der Waals surface area contributed by atoms with Crippen LogP contribution >= 0.6 is 0 Å². The number of aliphatic hydroxyl groups excluding tert-OH is 1. The van der Waals surface area contributed by atoms with Gasteiger partial charge in [0.05, 0.1) is 19.9 Å². The molecule has 4 heteroatoms. The van der Waals surface area contributed by atoms with E-state index in [2.05, 4.69) is 6.92 Å². The highest BCUT2D eigenvalue weighted by molar-refractivity contribution is 4.54. The summed E-state index contributed by atoms with van der Waals surface area (Å²) in [4.78, 5) is 0. The van der Waals surface area contributed by atoms with Crippen molar-refractivity contribution in [2.75, 3.05) is 26.6 Å². The van der Waals surface area contributed by atoms with Crippen molar-refractivity contribution >= 4 is 0 Å². The Morgan fingerprint density at radius 1 is 0.750 bits per heavy atom. The number of ether oxygens (including phenoxy) is 2. The van der Waals surface area contributed by atoms with Crippen molar-refractivity contribution in [3.05, 3.63) is 0 Å². The first-order valence-corrected chi connectivity index (χ1v) is 10.3. The molecule has 0 aliphatic carbocycles. The third-order valence-corrected chi connectivity index (χ3v) is 4.48. The third kappa shape index (κ3) is 18.2. The van der Waals surface area contributed by atoms with Crippen molar-refractivity contribution in [3.63, 3.8) is 0 Å². The summed E-state index contributed by atoms with van der Waals surface area (Å²) in [6.07, 6.45) is 18.8. The predicted molar refractivity (Wildman–Crippen MR) is 102 cm³/mol. The van der Waals surface area contributed by atoms with Gasteiger partial charge in [-0.3, -0.25) is 0 Å². The van der Waals surface area contributed by atoms with Crippen molar-refractivity contribution in [3.8, 4) is 0 Å². The van der Waals surface area contributed by atoms with Gasteiger partial charge in [0.2, 0.25) is 0 Å². The molecular formula is C20H43NO3. The molecule has 0 aromatic carbocycles. The van der Waals surface area contributed by atoms with Crippen LogP contribution in [0.5, 0.6) is 0 Å². The van der Waals surface area contributed by atoms with Gasteiger partial charge in [0.25, 0.3) is 0 Å². The van der Waals surface area contributed by atoms with Gasteiger partial charge >= 0.3 is 0 Å². The zero-order valence-electron chi connectivity index (χ0n) is 16.1. The van der Waals surface area contributed by atoms with Crippen molar-refractivity contribution in [1.29, 1.82) is 0 Å². The van der Waals surface area contributed by atoms with Crippen molar-refractivity contribution < 1.29 is 14.6 Å². The van der Waals surface area contributed by atoms with E-state index in [-0.39, 0.29) is 19.4 Å². The summed E-state index contributed by atoms with van der Waals surface area (Å²) in [5.41, 5.74) is 5.26. The fourth-order valence-corrected chi connectivity index (χ4v) is 2.90. The number of hydrogen-bond donors (Lipinski definition) is 2. The molecule has 3 N–H and O–H groups in total. The summed E-state index contributed by atoms with van der Waals surface area (Å²) in [7, 11) is 0. The quantitative estimate of drug-likeness (QED) is 0.246. The van der Waals surface area contributed by atoms with Crippen LogP contribution in [0.1, 0.15) is 96.8 Å². The topological polar surface area (TPSA) is 64.7 Å². The summed E-state index contributed by atoms with van der Waals surface area (Å²) < 4.78 is 10.6. The van der Waals surface area contributed by atoms with Crippen molar-refractivity contribution in [2.45, 2.75) is 103 Å². The maximum atomic E-state index is 9.12. The first-order chi connectivity index (χ1) is 11.8. The highest BCUT2D eigenvalue weighted by atomic mass is 16.5. The number of hydrogen-bond acceptors (Lipinski definition) is 4. The number of nitrogens with two attached hydrogens (primary N) is 1. The molecule has 0 fully saturated rings. The Labute approximate surface area is 150 Å². The molecule has 1 unspecified atom stereocenters. The zero-order chi connectivity index (χ0) is 17.7. The summed E-state index contributed by atoms with van der Waals surface area (Å²) in [5.74, 6) is 0. The highest BCUT2D eigenvalue weighted by Crippen LogP contribution is 2.13. The van der Waals surface area contributed by atoms with Gasteiger partial charge in [0.15, 0.2) is 0 Å². The van der Waals surface area contributed by atoms with Crippen LogP contribution in [-0.2, 0) is 9.47 Å². The van der Waals surface area contributed by atoms with E-state index in [1.54, 1.807) is 0 Å². The molecule has 0 aromatic heterocycles.